The van der Waals surface area contributed by atoms with Gasteiger partial charge in [-0.1, -0.05) is 16.9 Å². The highest BCUT2D eigenvalue weighted by atomic mass is 32.2. The van der Waals surface area contributed by atoms with Crippen LogP contribution in [-0.4, -0.2) is 20.1 Å². The lowest BCUT2D eigenvalue weighted by atomic mass is 10.2. The van der Waals surface area contributed by atoms with Crippen molar-refractivity contribution < 1.29 is 8.91 Å². The quantitative estimate of drug-likeness (QED) is 0.359. The summed E-state index contributed by atoms with van der Waals surface area (Å²) in [6.07, 6.45) is 0. The molecule has 26 heavy (non-hydrogen) atoms. The van der Waals surface area contributed by atoms with Crippen LogP contribution >= 0.6 is 23.1 Å². The number of thiophene rings is 1. The number of hydrogen-bond donors (Lipinski definition) is 0. The van der Waals surface area contributed by atoms with Crippen molar-refractivity contribution in [1.29, 1.82) is 0 Å². The van der Waals surface area contributed by atoms with Crippen LogP contribution in [0.15, 0.2) is 33.8 Å². The van der Waals surface area contributed by atoms with Crippen molar-refractivity contribution in [3.63, 3.8) is 0 Å². The van der Waals surface area contributed by atoms with Gasteiger partial charge in [0.05, 0.1) is 5.75 Å². The van der Waals surface area contributed by atoms with Gasteiger partial charge in [0, 0.05) is 15.8 Å². The van der Waals surface area contributed by atoms with Crippen LogP contribution in [0.4, 0.5) is 4.39 Å². The van der Waals surface area contributed by atoms with Gasteiger partial charge in [-0.15, -0.1) is 11.3 Å². The highest BCUT2D eigenvalue weighted by Gasteiger charge is 2.15. The second kappa shape index (κ2) is 6.77. The van der Waals surface area contributed by atoms with Gasteiger partial charge in [0.2, 0.25) is 0 Å². The Morgan fingerprint density at radius 1 is 1.08 bits per heavy atom. The van der Waals surface area contributed by atoms with Crippen LogP contribution in [0.5, 0.6) is 0 Å². The molecule has 0 radical (unpaired) electrons. The summed E-state index contributed by atoms with van der Waals surface area (Å²) in [6.45, 7) is 6.09. The normalized spacial score (nSPS) is 11.4. The van der Waals surface area contributed by atoms with E-state index in [9.17, 15) is 4.39 Å². The summed E-state index contributed by atoms with van der Waals surface area (Å²) in [5.41, 5.74) is 1.91. The zero-order valence-electron chi connectivity index (χ0n) is 14.4. The Morgan fingerprint density at radius 2 is 1.85 bits per heavy atom. The molecule has 5 nitrogen and oxygen atoms in total. The van der Waals surface area contributed by atoms with Crippen LogP contribution in [0.3, 0.4) is 0 Å². The zero-order valence-corrected chi connectivity index (χ0v) is 16.0. The molecular weight excluding hydrogens is 371 g/mol. The van der Waals surface area contributed by atoms with Crippen LogP contribution in [-0.2, 0) is 5.75 Å². The minimum atomic E-state index is -0.298. The molecule has 132 valence electrons. The second-order valence-corrected chi connectivity index (χ2v) is 8.02. The third kappa shape index (κ3) is 3.22. The molecule has 3 heterocycles. The van der Waals surface area contributed by atoms with Gasteiger partial charge >= 0.3 is 0 Å². The molecule has 8 heteroatoms. The average Bonchev–Trinajstić information content (AvgIpc) is 3.19. The summed E-state index contributed by atoms with van der Waals surface area (Å²) in [6, 6.07) is 5.98. The maximum absolute atomic E-state index is 13.0. The van der Waals surface area contributed by atoms with E-state index in [0.29, 0.717) is 23.0 Å². The van der Waals surface area contributed by atoms with Gasteiger partial charge in [0.15, 0.2) is 5.82 Å². The third-order valence-corrected chi connectivity index (χ3v) is 6.08. The summed E-state index contributed by atoms with van der Waals surface area (Å²) in [5, 5.41) is 6.05. The maximum Gasteiger partial charge on any atom is 0.257 e. The fourth-order valence-electron chi connectivity index (χ4n) is 2.57. The molecule has 0 unspecified atom stereocenters. The molecule has 0 bridgehead atoms. The number of halogens is 1. The third-order valence-electron chi connectivity index (χ3n) is 4.00. The summed E-state index contributed by atoms with van der Waals surface area (Å²) in [4.78, 5) is 15.8. The van der Waals surface area contributed by atoms with Gasteiger partial charge in [0.25, 0.3) is 5.89 Å². The first-order valence-electron chi connectivity index (χ1n) is 7.97. The summed E-state index contributed by atoms with van der Waals surface area (Å²) in [5.74, 6) is 1.94. The number of thioether (sulfide) groups is 1. The smallest absolute Gasteiger partial charge is 0.257 e. The fourth-order valence-corrected chi connectivity index (χ4v) is 4.69. The first-order chi connectivity index (χ1) is 12.5. The molecule has 0 saturated heterocycles. The summed E-state index contributed by atoms with van der Waals surface area (Å²) >= 11 is 3.25. The van der Waals surface area contributed by atoms with Crippen LogP contribution in [0.1, 0.15) is 22.1 Å². The Balaban J connectivity index is 1.58. The van der Waals surface area contributed by atoms with Crippen LogP contribution < -0.4 is 0 Å². The molecule has 0 aliphatic rings. The van der Waals surface area contributed by atoms with Crippen molar-refractivity contribution in [2.75, 3.05) is 0 Å². The lowest BCUT2D eigenvalue weighted by Crippen LogP contribution is -1.92. The Labute approximate surface area is 157 Å². The maximum atomic E-state index is 13.0. The Bertz CT molecular complexity index is 1090. The molecule has 4 rings (SSSR count). The Hall–Kier alpha value is -2.32. The standard InChI is InChI=1S/C18H15FN4OS2/c1-9-10(2)26-18-15(9)17(20-11(3)21-18)25-8-14-22-16(24-23-14)12-4-6-13(19)7-5-12/h4-7H,8H2,1-3H3. The molecule has 1 aromatic carbocycles. The molecule has 0 aliphatic carbocycles. The van der Waals surface area contributed by atoms with Crippen molar-refractivity contribution in [2.24, 2.45) is 0 Å². The molecular formula is C18H15FN4OS2. The van der Waals surface area contributed by atoms with E-state index < -0.39 is 0 Å². The van der Waals surface area contributed by atoms with Crippen molar-refractivity contribution in [3.8, 4) is 11.5 Å². The molecule has 0 fully saturated rings. The lowest BCUT2D eigenvalue weighted by molar-refractivity contribution is 0.425. The van der Waals surface area contributed by atoms with Crippen molar-refractivity contribution in [3.05, 3.63) is 52.2 Å². The van der Waals surface area contributed by atoms with Crippen molar-refractivity contribution in [2.45, 2.75) is 31.6 Å². The monoisotopic (exact) mass is 386 g/mol. The van der Waals surface area contributed by atoms with E-state index in [0.717, 1.165) is 21.1 Å². The average molecular weight is 386 g/mol. The zero-order chi connectivity index (χ0) is 18.3. The van der Waals surface area contributed by atoms with Crippen LogP contribution in [0, 0.1) is 26.6 Å². The number of hydrogen-bond acceptors (Lipinski definition) is 7. The summed E-state index contributed by atoms with van der Waals surface area (Å²) in [7, 11) is 0. The minimum absolute atomic E-state index is 0.298. The van der Waals surface area contributed by atoms with Gasteiger partial charge in [-0.05, 0) is 50.6 Å². The van der Waals surface area contributed by atoms with Gasteiger partial charge in [0.1, 0.15) is 21.5 Å². The van der Waals surface area contributed by atoms with Crippen LogP contribution in [0.25, 0.3) is 21.7 Å². The highest BCUT2D eigenvalue weighted by molar-refractivity contribution is 7.98. The topological polar surface area (TPSA) is 64.7 Å². The fraction of sp³-hybridized carbons (Fsp3) is 0.222. The molecule has 3 aromatic heterocycles. The van der Waals surface area contributed by atoms with E-state index in [4.69, 9.17) is 4.52 Å². The predicted molar refractivity (Wildman–Crippen MR) is 101 cm³/mol. The van der Waals surface area contributed by atoms with Crippen molar-refractivity contribution in [1.82, 2.24) is 20.1 Å². The molecule has 0 spiro atoms. The molecule has 0 N–H and O–H groups in total. The lowest BCUT2D eigenvalue weighted by Gasteiger charge is -2.03. The molecule has 0 saturated carbocycles. The van der Waals surface area contributed by atoms with E-state index >= 15 is 0 Å². The number of fused-ring (bicyclic) bond motifs is 1. The van der Waals surface area contributed by atoms with Gasteiger partial charge in [-0.25, -0.2) is 14.4 Å². The first-order valence-corrected chi connectivity index (χ1v) is 9.77. The van der Waals surface area contributed by atoms with E-state index in [1.54, 1.807) is 35.2 Å². The number of nitrogens with zero attached hydrogens (tertiary/aromatic N) is 4. The van der Waals surface area contributed by atoms with Gasteiger partial charge in [-0.3, -0.25) is 0 Å². The first kappa shape index (κ1) is 17.1. The van der Waals surface area contributed by atoms with E-state index in [2.05, 4.69) is 34.0 Å². The van der Waals surface area contributed by atoms with Gasteiger partial charge < -0.3 is 4.52 Å². The van der Waals surface area contributed by atoms with E-state index in [1.165, 1.54) is 22.6 Å². The van der Waals surface area contributed by atoms with E-state index in [1.807, 2.05) is 6.92 Å². The Kier molecular flexibility index (Phi) is 4.46. The van der Waals surface area contributed by atoms with E-state index in [-0.39, 0.29) is 5.82 Å². The second-order valence-electron chi connectivity index (χ2n) is 5.85. The highest BCUT2D eigenvalue weighted by Crippen LogP contribution is 2.36. The number of aryl methyl sites for hydroxylation is 3. The minimum Gasteiger partial charge on any atom is -0.334 e. The van der Waals surface area contributed by atoms with Crippen molar-refractivity contribution >= 4 is 33.3 Å². The molecule has 4 aromatic rings. The largest absolute Gasteiger partial charge is 0.334 e. The molecule has 0 amide bonds. The molecule has 0 aliphatic heterocycles. The Morgan fingerprint density at radius 3 is 2.62 bits per heavy atom. The van der Waals surface area contributed by atoms with Crippen LogP contribution in [0.2, 0.25) is 0 Å². The SMILES string of the molecule is Cc1nc(SCc2noc(-c3ccc(F)cc3)n2)c2c(C)c(C)sc2n1. The predicted octanol–water partition coefficient (Wildman–Crippen LogP) is 5.10. The number of benzene rings is 1. The molecule has 0 atom stereocenters. The summed E-state index contributed by atoms with van der Waals surface area (Å²) < 4.78 is 18.3. The number of aromatic nitrogens is 4. The number of rotatable bonds is 4. The van der Waals surface area contributed by atoms with Gasteiger partial charge in [-0.2, -0.15) is 4.98 Å².